The largest absolute Gasteiger partial charge is 0.493 e. The smallest absolute Gasteiger partial charge is 0.286 e. The lowest BCUT2D eigenvalue weighted by Crippen LogP contribution is -2.29. The third-order valence-electron chi connectivity index (χ3n) is 4.56. The molecule has 0 radical (unpaired) electrons. The fourth-order valence-electron chi connectivity index (χ4n) is 3.23. The molecule has 3 aromatic carbocycles. The van der Waals surface area contributed by atoms with Gasteiger partial charge in [0, 0.05) is 15.9 Å². The lowest BCUT2D eigenvalue weighted by atomic mass is 10.1. The maximum absolute atomic E-state index is 13.6. The minimum absolute atomic E-state index is 0.0795. The van der Waals surface area contributed by atoms with Crippen molar-refractivity contribution in [3.8, 4) is 11.5 Å². The van der Waals surface area contributed by atoms with E-state index in [0.29, 0.717) is 11.4 Å². The van der Waals surface area contributed by atoms with Gasteiger partial charge in [0.05, 0.1) is 36.6 Å². The molecular formula is C21H16N2O5S. The number of fused-ring (bicyclic) bond motifs is 2. The highest BCUT2D eigenvalue weighted by Crippen LogP contribution is 2.49. The lowest BCUT2D eigenvalue weighted by Gasteiger charge is -2.31. The molecule has 1 aliphatic heterocycles. The summed E-state index contributed by atoms with van der Waals surface area (Å²) in [6.07, 6.45) is 0. The van der Waals surface area contributed by atoms with Gasteiger partial charge in [-0.15, -0.1) is 0 Å². The second-order valence-electron chi connectivity index (χ2n) is 6.16. The molecule has 146 valence electrons. The number of carbonyl (C=O) groups excluding carboxylic acids is 1. The summed E-state index contributed by atoms with van der Waals surface area (Å²) in [6, 6.07) is 17.5. The Morgan fingerprint density at radius 3 is 1.97 bits per heavy atom. The normalized spacial score (nSPS) is 12.0. The average molecular weight is 408 g/mol. The van der Waals surface area contributed by atoms with E-state index in [1.54, 1.807) is 11.8 Å². The summed E-state index contributed by atoms with van der Waals surface area (Å²) >= 11 is 1.55. The number of rotatable bonds is 4. The number of benzene rings is 3. The maximum Gasteiger partial charge on any atom is 0.286 e. The van der Waals surface area contributed by atoms with Crippen LogP contribution in [0, 0.1) is 10.1 Å². The number of nitro groups is 1. The highest BCUT2D eigenvalue weighted by molar-refractivity contribution is 7.99. The van der Waals surface area contributed by atoms with Gasteiger partial charge in [0.2, 0.25) is 0 Å². The van der Waals surface area contributed by atoms with Gasteiger partial charge in [0.1, 0.15) is 5.56 Å². The van der Waals surface area contributed by atoms with Crippen molar-refractivity contribution < 1.29 is 19.2 Å². The molecule has 8 heteroatoms. The molecule has 0 atom stereocenters. The van der Waals surface area contributed by atoms with Crippen molar-refractivity contribution in [3.05, 3.63) is 76.3 Å². The first-order valence-corrected chi connectivity index (χ1v) is 9.47. The van der Waals surface area contributed by atoms with Gasteiger partial charge in [-0.05, 0) is 24.3 Å². The Kier molecular flexibility index (Phi) is 4.85. The summed E-state index contributed by atoms with van der Waals surface area (Å²) in [4.78, 5) is 28.0. The summed E-state index contributed by atoms with van der Waals surface area (Å²) in [5.41, 5.74) is 0.917. The van der Waals surface area contributed by atoms with E-state index in [0.717, 1.165) is 9.79 Å². The molecule has 1 amide bonds. The van der Waals surface area contributed by atoms with Crippen LogP contribution in [0.15, 0.2) is 70.5 Å². The van der Waals surface area contributed by atoms with Crippen molar-refractivity contribution in [2.75, 3.05) is 19.1 Å². The van der Waals surface area contributed by atoms with Gasteiger partial charge in [0.25, 0.3) is 11.6 Å². The molecule has 0 saturated heterocycles. The minimum Gasteiger partial charge on any atom is -0.493 e. The van der Waals surface area contributed by atoms with Crippen LogP contribution in [0.2, 0.25) is 0 Å². The Bertz CT molecular complexity index is 1090. The van der Waals surface area contributed by atoms with Crippen LogP contribution in [-0.2, 0) is 0 Å². The molecule has 0 aliphatic carbocycles. The summed E-state index contributed by atoms with van der Waals surface area (Å²) < 4.78 is 10.4. The molecule has 0 aromatic heterocycles. The predicted molar refractivity (Wildman–Crippen MR) is 110 cm³/mol. The number of hydrogen-bond acceptors (Lipinski definition) is 6. The van der Waals surface area contributed by atoms with Crippen molar-refractivity contribution in [3.63, 3.8) is 0 Å². The van der Waals surface area contributed by atoms with Crippen LogP contribution in [-0.4, -0.2) is 25.1 Å². The standard InChI is InChI=1S/C21H16N2O5S/c1-27-17-11-13(16(23(25)26)12-18(17)28-2)21(24)22-14-7-3-5-9-19(14)29-20-10-6-4-8-15(20)22/h3-12H,1-2H3. The van der Waals surface area contributed by atoms with Crippen LogP contribution in [0.25, 0.3) is 0 Å². The Balaban J connectivity index is 1.93. The third-order valence-corrected chi connectivity index (χ3v) is 5.69. The number of anilines is 2. The average Bonchev–Trinajstić information content (AvgIpc) is 2.75. The topological polar surface area (TPSA) is 81.9 Å². The van der Waals surface area contributed by atoms with E-state index < -0.39 is 10.8 Å². The molecule has 7 nitrogen and oxygen atoms in total. The van der Waals surface area contributed by atoms with Gasteiger partial charge in [-0.25, -0.2) is 0 Å². The zero-order chi connectivity index (χ0) is 20.5. The van der Waals surface area contributed by atoms with E-state index in [1.807, 2.05) is 48.5 Å². The Morgan fingerprint density at radius 1 is 0.931 bits per heavy atom. The zero-order valence-corrected chi connectivity index (χ0v) is 16.4. The van der Waals surface area contributed by atoms with Crippen LogP contribution in [0.1, 0.15) is 10.4 Å². The molecule has 1 heterocycles. The van der Waals surface area contributed by atoms with E-state index in [-0.39, 0.29) is 22.7 Å². The Labute approximate surface area is 171 Å². The van der Waals surface area contributed by atoms with Crippen molar-refractivity contribution in [1.29, 1.82) is 0 Å². The van der Waals surface area contributed by atoms with Gasteiger partial charge in [-0.1, -0.05) is 36.0 Å². The number of para-hydroxylation sites is 2. The number of hydrogen-bond donors (Lipinski definition) is 0. The molecule has 1 aliphatic rings. The molecule has 0 N–H and O–H groups in total. The van der Waals surface area contributed by atoms with Gasteiger partial charge in [0.15, 0.2) is 11.5 Å². The van der Waals surface area contributed by atoms with Crippen LogP contribution in [0.3, 0.4) is 0 Å². The Hall–Kier alpha value is -3.52. The molecule has 0 saturated carbocycles. The second kappa shape index (κ2) is 7.48. The number of amides is 1. The lowest BCUT2D eigenvalue weighted by molar-refractivity contribution is -0.385. The van der Waals surface area contributed by atoms with Crippen molar-refractivity contribution in [1.82, 2.24) is 0 Å². The van der Waals surface area contributed by atoms with Gasteiger partial charge in [-0.3, -0.25) is 19.8 Å². The van der Waals surface area contributed by atoms with Crippen LogP contribution in [0.5, 0.6) is 11.5 Å². The second-order valence-corrected chi connectivity index (χ2v) is 7.24. The first kappa shape index (κ1) is 18.8. The van der Waals surface area contributed by atoms with E-state index in [9.17, 15) is 14.9 Å². The highest BCUT2D eigenvalue weighted by Gasteiger charge is 2.33. The van der Waals surface area contributed by atoms with Crippen molar-refractivity contribution in [2.45, 2.75) is 9.79 Å². The quantitative estimate of drug-likeness (QED) is 0.444. The fourth-order valence-corrected chi connectivity index (χ4v) is 4.29. The van der Waals surface area contributed by atoms with Crippen LogP contribution >= 0.6 is 11.8 Å². The molecule has 29 heavy (non-hydrogen) atoms. The monoisotopic (exact) mass is 408 g/mol. The third kappa shape index (κ3) is 3.17. The number of carbonyl (C=O) groups is 1. The van der Waals surface area contributed by atoms with E-state index in [2.05, 4.69) is 0 Å². The SMILES string of the molecule is COc1cc(C(=O)N2c3ccccc3Sc3ccccc32)c([N+](=O)[O-])cc1OC. The molecule has 0 unspecified atom stereocenters. The highest BCUT2D eigenvalue weighted by atomic mass is 32.2. The zero-order valence-electron chi connectivity index (χ0n) is 15.6. The van der Waals surface area contributed by atoms with E-state index >= 15 is 0 Å². The van der Waals surface area contributed by atoms with Crippen LogP contribution in [0.4, 0.5) is 17.1 Å². The van der Waals surface area contributed by atoms with Gasteiger partial charge < -0.3 is 9.47 Å². The first-order valence-electron chi connectivity index (χ1n) is 8.66. The maximum atomic E-state index is 13.6. The van der Waals surface area contributed by atoms with Crippen LogP contribution < -0.4 is 14.4 Å². The predicted octanol–water partition coefficient (Wildman–Crippen LogP) is 5.06. The molecule has 3 aromatic rings. The van der Waals surface area contributed by atoms with Gasteiger partial charge in [-0.2, -0.15) is 0 Å². The number of methoxy groups -OCH3 is 2. The summed E-state index contributed by atoms with van der Waals surface area (Å²) in [7, 11) is 2.80. The fraction of sp³-hybridized carbons (Fsp3) is 0.0952. The molecular weight excluding hydrogens is 392 g/mol. The first-order chi connectivity index (χ1) is 14.0. The summed E-state index contributed by atoms with van der Waals surface area (Å²) in [5.74, 6) is -0.0852. The van der Waals surface area contributed by atoms with Crippen molar-refractivity contribution in [2.24, 2.45) is 0 Å². The molecule has 0 bridgehead atoms. The molecule has 4 rings (SSSR count). The summed E-state index contributed by atoms with van der Waals surface area (Å²) in [5, 5.41) is 11.7. The molecule has 0 fully saturated rings. The van der Waals surface area contributed by atoms with E-state index in [1.165, 1.54) is 31.3 Å². The number of nitrogens with zero attached hydrogens (tertiary/aromatic N) is 2. The minimum atomic E-state index is -0.592. The van der Waals surface area contributed by atoms with E-state index in [4.69, 9.17) is 9.47 Å². The van der Waals surface area contributed by atoms with Gasteiger partial charge >= 0.3 is 0 Å². The molecule has 0 spiro atoms. The van der Waals surface area contributed by atoms with Crippen molar-refractivity contribution >= 4 is 34.7 Å². The number of nitro benzene ring substituents is 1. The number of ether oxygens (including phenoxy) is 2. The Morgan fingerprint density at radius 2 is 1.45 bits per heavy atom. The summed E-state index contributed by atoms with van der Waals surface area (Å²) in [6.45, 7) is 0.